The van der Waals surface area contributed by atoms with Crippen LogP contribution in [0.1, 0.15) is 29.8 Å². The summed E-state index contributed by atoms with van der Waals surface area (Å²) in [4.78, 5) is 23.7. The molecule has 0 aliphatic heterocycles. The summed E-state index contributed by atoms with van der Waals surface area (Å²) in [5, 5.41) is 2.72. The van der Waals surface area contributed by atoms with Crippen molar-refractivity contribution in [3.63, 3.8) is 0 Å². The first-order chi connectivity index (χ1) is 9.49. The van der Waals surface area contributed by atoms with E-state index < -0.39 is 12.0 Å². The highest BCUT2D eigenvalue weighted by Gasteiger charge is 2.25. The van der Waals surface area contributed by atoms with Crippen LogP contribution in [0.4, 0.5) is 0 Å². The summed E-state index contributed by atoms with van der Waals surface area (Å²) in [6, 6.07) is 6.77. The maximum Gasteiger partial charge on any atom is 0.328 e. The average Bonchev–Trinajstić information content (AvgIpc) is 2.44. The second kappa shape index (κ2) is 7.94. The Bertz CT molecular complexity index is 457. The zero-order chi connectivity index (χ0) is 15.1. The number of rotatable bonds is 6. The van der Waals surface area contributed by atoms with Crippen molar-refractivity contribution in [2.75, 3.05) is 13.4 Å². The smallest absolute Gasteiger partial charge is 0.328 e. The van der Waals surface area contributed by atoms with Crippen LogP contribution in [0.15, 0.2) is 24.3 Å². The number of methoxy groups -OCH3 is 1. The molecule has 1 rings (SSSR count). The van der Waals surface area contributed by atoms with Gasteiger partial charge in [-0.15, -0.1) is 0 Å². The van der Waals surface area contributed by atoms with Crippen molar-refractivity contribution in [3.05, 3.63) is 35.4 Å². The lowest BCUT2D eigenvalue weighted by atomic mass is 10.0. The number of nitrogens with one attached hydrogen (secondary N) is 1. The zero-order valence-corrected chi connectivity index (χ0v) is 13.1. The van der Waals surface area contributed by atoms with Crippen LogP contribution >= 0.6 is 11.8 Å². The molecule has 0 spiro atoms. The van der Waals surface area contributed by atoms with E-state index in [0.717, 1.165) is 5.75 Å². The van der Waals surface area contributed by atoms with Crippen molar-refractivity contribution in [1.82, 2.24) is 5.32 Å². The topological polar surface area (TPSA) is 55.4 Å². The molecule has 1 atom stereocenters. The number of carbonyl (C=O) groups is 2. The van der Waals surface area contributed by atoms with Gasteiger partial charge in [0.25, 0.3) is 5.91 Å². The number of thioether (sulfide) groups is 1. The Morgan fingerprint density at radius 1 is 1.25 bits per heavy atom. The number of hydrogen-bond donors (Lipinski definition) is 1. The van der Waals surface area contributed by atoms with Crippen molar-refractivity contribution in [1.29, 1.82) is 0 Å². The molecule has 1 aromatic rings. The van der Waals surface area contributed by atoms with Crippen LogP contribution < -0.4 is 5.32 Å². The highest BCUT2D eigenvalue weighted by Crippen LogP contribution is 2.11. The Hall–Kier alpha value is -1.49. The van der Waals surface area contributed by atoms with Gasteiger partial charge in [0.15, 0.2) is 0 Å². The second-order valence-electron chi connectivity index (χ2n) is 4.85. The van der Waals surface area contributed by atoms with Gasteiger partial charge in [-0.25, -0.2) is 4.79 Å². The molecule has 0 fully saturated rings. The lowest BCUT2D eigenvalue weighted by molar-refractivity contribution is -0.144. The van der Waals surface area contributed by atoms with E-state index >= 15 is 0 Å². The minimum absolute atomic E-state index is 0.0258. The molecule has 0 aliphatic carbocycles. The minimum Gasteiger partial charge on any atom is -0.467 e. The molecule has 0 heterocycles. The molecule has 1 aromatic carbocycles. The van der Waals surface area contributed by atoms with Gasteiger partial charge in [0.2, 0.25) is 0 Å². The highest BCUT2D eigenvalue weighted by atomic mass is 32.2. The first kappa shape index (κ1) is 16.6. The molecular weight excluding hydrogens is 274 g/mol. The monoisotopic (exact) mass is 295 g/mol. The molecule has 0 bridgehead atoms. The summed E-state index contributed by atoms with van der Waals surface area (Å²) >= 11 is 1.73. The molecule has 110 valence electrons. The Kier molecular flexibility index (Phi) is 6.58. The normalized spacial score (nSPS) is 12.1. The predicted octanol–water partition coefficient (Wildman–Crippen LogP) is 2.48. The molecule has 20 heavy (non-hydrogen) atoms. The molecule has 1 N–H and O–H groups in total. The summed E-state index contributed by atoms with van der Waals surface area (Å²) in [6.07, 6.45) is 2.03. The van der Waals surface area contributed by atoms with Crippen LogP contribution in [0.25, 0.3) is 0 Å². The van der Waals surface area contributed by atoms with Crippen molar-refractivity contribution in [2.24, 2.45) is 5.92 Å². The molecule has 5 heteroatoms. The van der Waals surface area contributed by atoms with E-state index in [4.69, 9.17) is 4.74 Å². The van der Waals surface area contributed by atoms with Crippen molar-refractivity contribution < 1.29 is 14.3 Å². The molecule has 1 amide bonds. The van der Waals surface area contributed by atoms with Gasteiger partial charge in [0.05, 0.1) is 7.11 Å². The average molecular weight is 295 g/mol. The van der Waals surface area contributed by atoms with E-state index in [1.165, 1.54) is 12.7 Å². The number of ether oxygens (including phenoxy) is 1. The molecule has 0 radical (unpaired) electrons. The molecule has 0 saturated carbocycles. The van der Waals surface area contributed by atoms with Gasteiger partial charge in [-0.2, -0.15) is 11.8 Å². The van der Waals surface area contributed by atoms with Gasteiger partial charge in [0, 0.05) is 11.3 Å². The summed E-state index contributed by atoms with van der Waals surface area (Å²) < 4.78 is 4.71. The quantitative estimate of drug-likeness (QED) is 0.819. The van der Waals surface area contributed by atoms with Crippen LogP contribution in [0.2, 0.25) is 0 Å². The van der Waals surface area contributed by atoms with Gasteiger partial charge in [-0.3, -0.25) is 4.79 Å². The summed E-state index contributed by atoms with van der Waals surface area (Å²) in [5.41, 5.74) is 1.71. The number of benzene rings is 1. The Morgan fingerprint density at radius 3 is 2.30 bits per heavy atom. The van der Waals surface area contributed by atoms with Gasteiger partial charge in [-0.05, 0) is 29.9 Å². The first-order valence-electron chi connectivity index (χ1n) is 6.46. The van der Waals surface area contributed by atoms with E-state index in [0.29, 0.717) is 5.56 Å². The van der Waals surface area contributed by atoms with E-state index in [-0.39, 0.29) is 11.8 Å². The fourth-order valence-electron chi connectivity index (χ4n) is 1.77. The Balaban J connectivity index is 2.76. The van der Waals surface area contributed by atoms with E-state index in [9.17, 15) is 9.59 Å². The van der Waals surface area contributed by atoms with Crippen LogP contribution in [0.3, 0.4) is 0 Å². The van der Waals surface area contributed by atoms with Gasteiger partial charge in [0.1, 0.15) is 6.04 Å². The molecule has 0 saturated heterocycles. The van der Waals surface area contributed by atoms with Gasteiger partial charge < -0.3 is 10.1 Å². The maximum atomic E-state index is 12.1. The van der Waals surface area contributed by atoms with Crippen LogP contribution in [-0.2, 0) is 15.3 Å². The van der Waals surface area contributed by atoms with Crippen LogP contribution in [0.5, 0.6) is 0 Å². The maximum absolute atomic E-state index is 12.1. The van der Waals surface area contributed by atoms with Gasteiger partial charge in [-0.1, -0.05) is 26.0 Å². The third kappa shape index (κ3) is 4.56. The van der Waals surface area contributed by atoms with Crippen LogP contribution in [0, 0.1) is 5.92 Å². The molecule has 0 aliphatic rings. The molecular formula is C15H21NO3S. The third-order valence-electron chi connectivity index (χ3n) is 2.94. The largest absolute Gasteiger partial charge is 0.467 e. The van der Waals surface area contributed by atoms with Crippen molar-refractivity contribution >= 4 is 23.6 Å². The van der Waals surface area contributed by atoms with E-state index in [1.54, 1.807) is 23.9 Å². The van der Waals surface area contributed by atoms with E-state index in [2.05, 4.69) is 5.32 Å². The first-order valence-corrected chi connectivity index (χ1v) is 7.85. The summed E-state index contributed by atoms with van der Waals surface area (Å²) in [5.74, 6) is 0.206. The number of amides is 1. The summed E-state index contributed by atoms with van der Waals surface area (Å²) in [6.45, 7) is 3.73. The fourth-order valence-corrected chi connectivity index (χ4v) is 2.29. The van der Waals surface area contributed by atoms with Gasteiger partial charge >= 0.3 is 5.97 Å². The predicted molar refractivity (Wildman–Crippen MR) is 81.8 cm³/mol. The second-order valence-corrected chi connectivity index (χ2v) is 5.71. The number of carbonyl (C=O) groups excluding carboxylic acids is 2. The fraction of sp³-hybridized carbons (Fsp3) is 0.467. The highest BCUT2D eigenvalue weighted by molar-refractivity contribution is 7.97. The van der Waals surface area contributed by atoms with Crippen molar-refractivity contribution in [3.8, 4) is 0 Å². The summed E-state index contributed by atoms with van der Waals surface area (Å²) in [7, 11) is 1.32. The minimum atomic E-state index is -0.627. The third-order valence-corrected chi connectivity index (χ3v) is 3.56. The molecule has 0 aromatic heterocycles. The lowest BCUT2D eigenvalue weighted by Gasteiger charge is -2.19. The number of hydrogen-bond acceptors (Lipinski definition) is 4. The van der Waals surface area contributed by atoms with Crippen molar-refractivity contribution in [2.45, 2.75) is 25.6 Å². The Labute approximate surface area is 124 Å². The van der Waals surface area contributed by atoms with Crippen LogP contribution in [-0.4, -0.2) is 31.3 Å². The molecule has 4 nitrogen and oxygen atoms in total. The SMILES string of the molecule is COC(=O)[C@@H](NC(=O)c1ccc(CSC)cc1)C(C)C. The standard InChI is InChI=1S/C15H21NO3S/c1-10(2)13(15(18)19-3)16-14(17)12-7-5-11(6-8-12)9-20-4/h5-8,10,13H,9H2,1-4H3,(H,16,17)/t13-/m0/s1. The lowest BCUT2D eigenvalue weighted by Crippen LogP contribution is -2.45. The number of esters is 1. The molecule has 0 unspecified atom stereocenters. The van der Waals surface area contributed by atoms with E-state index in [1.807, 2.05) is 32.2 Å². The Morgan fingerprint density at radius 2 is 1.85 bits per heavy atom. The zero-order valence-electron chi connectivity index (χ0n) is 12.3.